The Hall–Kier alpha value is -2.03. The van der Waals surface area contributed by atoms with Crippen molar-refractivity contribution in [2.24, 2.45) is 0 Å². The predicted molar refractivity (Wildman–Crippen MR) is 84.4 cm³/mol. The lowest BCUT2D eigenvalue weighted by Gasteiger charge is -2.10. The fourth-order valence-electron chi connectivity index (χ4n) is 1.97. The number of benzene rings is 1. The van der Waals surface area contributed by atoms with Crippen molar-refractivity contribution >= 4 is 21.4 Å². The molecular weight excluding hydrogens is 320 g/mol. The minimum Gasteiger partial charge on any atom is -0.253 e. The molecule has 0 bridgehead atoms. The topological polar surface area (TPSA) is 76.9 Å². The van der Waals surface area contributed by atoms with E-state index >= 15 is 0 Å². The first-order chi connectivity index (χ1) is 10.6. The Balaban J connectivity index is 1.83. The normalized spacial score (nSPS) is 13.1. The Labute approximate surface area is 132 Å². The number of nitrogens with zero attached hydrogens (tertiary/aromatic N) is 3. The van der Waals surface area contributed by atoms with Crippen LogP contribution in [0.3, 0.4) is 0 Å². The molecule has 1 N–H and O–H groups in total. The Bertz CT molecular complexity index is 842. The minimum absolute atomic E-state index is 0.132. The van der Waals surface area contributed by atoms with Crippen molar-refractivity contribution in [2.75, 3.05) is 0 Å². The van der Waals surface area contributed by atoms with Crippen LogP contribution in [0.15, 0.2) is 59.3 Å². The molecular formula is C14H14N4O2S2. The zero-order valence-electron chi connectivity index (χ0n) is 11.7. The average molecular weight is 334 g/mol. The fraction of sp³-hybridized carbons (Fsp3) is 0.143. The zero-order chi connectivity index (χ0) is 15.6. The maximum atomic E-state index is 12.4. The lowest BCUT2D eigenvalue weighted by Crippen LogP contribution is -2.26. The van der Waals surface area contributed by atoms with Crippen molar-refractivity contribution in [3.05, 3.63) is 59.3 Å². The van der Waals surface area contributed by atoms with Gasteiger partial charge in [0.2, 0.25) is 10.0 Å². The van der Waals surface area contributed by atoms with E-state index in [0.29, 0.717) is 0 Å². The number of nitrogens with one attached hydrogen (secondary N) is 1. The third-order valence-electron chi connectivity index (χ3n) is 3.10. The SMILES string of the molecule is C[C@H](NS(=O)(=O)c1cnn(-c2ccccc2)c1)c1cncs1. The lowest BCUT2D eigenvalue weighted by atomic mass is 10.3. The molecule has 6 nitrogen and oxygen atoms in total. The highest BCUT2D eigenvalue weighted by Crippen LogP contribution is 2.20. The van der Waals surface area contributed by atoms with E-state index in [9.17, 15) is 8.42 Å². The second-order valence-electron chi connectivity index (χ2n) is 4.70. The molecule has 114 valence electrons. The summed E-state index contributed by atoms with van der Waals surface area (Å²) in [6.07, 6.45) is 4.50. The van der Waals surface area contributed by atoms with Crippen molar-refractivity contribution in [3.63, 3.8) is 0 Å². The number of para-hydroxylation sites is 1. The molecule has 0 radical (unpaired) electrons. The third-order valence-corrected chi connectivity index (χ3v) is 5.55. The van der Waals surface area contributed by atoms with Crippen molar-refractivity contribution in [1.29, 1.82) is 0 Å². The second kappa shape index (κ2) is 5.99. The van der Waals surface area contributed by atoms with E-state index in [2.05, 4.69) is 14.8 Å². The molecule has 2 aromatic heterocycles. The Morgan fingerprint density at radius 1 is 1.23 bits per heavy atom. The van der Waals surface area contributed by atoms with Gasteiger partial charge in [-0.15, -0.1) is 11.3 Å². The van der Waals surface area contributed by atoms with Crippen LogP contribution in [0, 0.1) is 0 Å². The Kier molecular flexibility index (Phi) is 4.06. The zero-order valence-corrected chi connectivity index (χ0v) is 13.4. The maximum Gasteiger partial charge on any atom is 0.244 e. The van der Waals surface area contributed by atoms with Gasteiger partial charge in [0.05, 0.1) is 29.6 Å². The predicted octanol–water partition coefficient (Wildman–Crippen LogP) is 2.37. The molecule has 0 fully saturated rings. The van der Waals surface area contributed by atoms with Crippen LogP contribution in [0.5, 0.6) is 0 Å². The number of hydrogen-bond acceptors (Lipinski definition) is 5. The van der Waals surface area contributed by atoms with Gasteiger partial charge in [-0.1, -0.05) is 18.2 Å². The van der Waals surface area contributed by atoms with Crippen LogP contribution in [0.1, 0.15) is 17.8 Å². The van der Waals surface area contributed by atoms with E-state index in [1.54, 1.807) is 18.6 Å². The summed E-state index contributed by atoms with van der Waals surface area (Å²) in [6.45, 7) is 1.78. The first kappa shape index (κ1) is 14.9. The molecule has 0 aliphatic rings. The quantitative estimate of drug-likeness (QED) is 0.777. The van der Waals surface area contributed by atoms with Gasteiger partial charge in [0.25, 0.3) is 0 Å². The van der Waals surface area contributed by atoms with Crippen LogP contribution < -0.4 is 4.72 Å². The molecule has 22 heavy (non-hydrogen) atoms. The highest BCUT2D eigenvalue weighted by molar-refractivity contribution is 7.89. The van der Waals surface area contributed by atoms with Gasteiger partial charge in [-0.2, -0.15) is 5.10 Å². The van der Waals surface area contributed by atoms with Crippen LogP contribution >= 0.6 is 11.3 Å². The molecule has 2 heterocycles. The third kappa shape index (κ3) is 3.08. The molecule has 1 aromatic carbocycles. The number of hydrogen-bond donors (Lipinski definition) is 1. The van der Waals surface area contributed by atoms with Gasteiger partial charge in [0, 0.05) is 11.1 Å². The molecule has 1 atom stereocenters. The molecule has 3 rings (SSSR count). The number of thiazole rings is 1. The van der Waals surface area contributed by atoms with Crippen LogP contribution in [-0.2, 0) is 10.0 Å². The first-order valence-electron chi connectivity index (χ1n) is 6.57. The monoisotopic (exact) mass is 334 g/mol. The van der Waals surface area contributed by atoms with Crippen molar-refractivity contribution in [1.82, 2.24) is 19.5 Å². The number of rotatable bonds is 5. The van der Waals surface area contributed by atoms with Crippen LogP contribution in [0.4, 0.5) is 0 Å². The van der Waals surface area contributed by atoms with E-state index in [0.717, 1.165) is 10.6 Å². The van der Waals surface area contributed by atoms with Crippen molar-refractivity contribution in [3.8, 4) is 5.69 Å². The summed E-state index contributed by atoms with van der Waals surface area (Å²) in [7, 11) is -3.63. The summed E-state index contributed by atoms with van der Waals surface area (Å²) >= 11 is 1.41. The highest BCUT2D eigenvalue weighted by atomic mass is 32.2. The van der Waals surface area contributed by atoms with Crippen LogP contribution in [-0.4, -0.2) is 23.2 Å². The second-order valence-corrected chi connectivity index (χ2v) is 7.33. The molecule has 0 saturated carbocycles. The first-order valence-corrected chi connectivity index (χ1v) is 8.93. The summed E-state index contributed by atoms with van der Waals surface area (Å²) in [5, 5.41) is 4.11. The van der Waals surface area contributed by atoms with Gasteiger partial charge >= 0.3 is 0 Å². The van der Waals surface area contributed by atoms with Crippen LogP contribution in [0.25, 0.3) is 5.69 Å². The standard InChI is InChI=1S/C14H14N4O2S2/c1-11(14-8-15-10-21-14)17-22(19,20)13-7-16-18(9-13)12-5-3-2-4-6-12/h2-11,17H,1H3/t11-/m0/s1. The van der Waals surface area contributed by atoms with E-state index in [1.165, 1.54) is 28.4 Å². The fourth-order valence-corrected chi connectivity index (χ4v) is 3.82. The van der Waals surface area contributed by atoms with E-state index in [1.807, 2.05) is 30.3 Å². The van der Waals surface area contributed by atoms with Crippen molar-refractivity contribution < 1.29 is 8.42 Å². The summed E-state index contributed by atoms with van der Waals surface area (Å²) in [5.74, 6) is 0. The Morgan fingerprint density at radius 3 is 2.68 bits per heavy atom. The molecule has 3 aromatic rings. The van der Waals surface area contributed by atoms with Gasteiger partial charge in [-0.3, -0.25) is 4.98 Å². The summed E-state index contributed by atoms with van der Waals surface area (Å²) < 4.78 is 29.0. The minimum atomic E-state index is -3.63. The summed E-state index contributed by atoms with van der Waals surface area (Å²) in [6, 6.07) is 9.01. The summed E-state index contributed by atoms with van der Waals surface area (Å²) in [5.41, 5.74) is 2.48. The molecule has 0 unspecified atom stereocenters. The van der Waals surface area contributed by atoms with Gasteiger partial charge in [-0.05, 0) is 19.1 Å². The molecule has 0 saturated heterocycles. The Morgan fingerprint density at radius 2 is 2.00 bits per heavy atom. The maximum absolute atomic E-state index is 12.4. The van der Waals surface area contributed by atoms with Gasteiger partial charge in [0.1, 0.15) is 4.90 Å². The van der Waals surface area contributed by atoms with Gasteiger partial charge in [-0.25, -0.2) is 17.8 Å². The van der Waals surface area contributed by atoms with Gasteiger partial charge in [0.15, 0.2) is 0 Å². The van der Waals surface area contributed by atoms with E-state index < -0.39 is 10.0 Å². The van der Waals surface area contributed by atoms with E-state index in [4.69, 9.17) is 0 Å². The molecule has 0 aliphatic carbocycles. The lowest BCUT2D eigenvalue weighted by molar-refractivity contribution is 0.568. The number of aromatic nitrogens is 3. The van der Waals surface area contributed by atoms with E-state index in [-0.39, 0.29) is 10.9 Å². The molecule has 0 aliphatic heterocycles. The highest BCUT2D eigenvalue weighted by Gasteiger charge is 2.21. The smallest absolute Gasteiger partial charge is 0.244 e. The molecule has 8 heteroatoms. The molecule has 0 spiro atoms. The molecule has 0 amide bonds. The largest absolute Gasteiger partial charge is 0.253 e. The number of sulfonamides is 1. The van der Waals surface area contributed by atoms with Crippen LogP contribution in [0.2, 0.25) is 0 Å². The average Bonchev–Trinajstić information content (AvgIpc) is 3.20. The van der Waals surface area contributed by atoms with Crippen molar-refractivity contribution in [2.45, 2.75) is 17.9 Å². The summed E-state index contributed by atoms with van der Waals surface area (Å²) in [4.78, 5) is 4.95. The van der Waals surface area contributed by atoms with Gasteiger partial charge < -0.3 is 0 Å².